The van der Waals surface area contributed by atoms with Crippen LogP contribution in [0.4, 0.5) is 10.5 Å². The number of rotatable bonds is 4. The van der Waals surface area contributed by atoms with Crippen LogP contribution in [0.2, 0.25) is 0 Å². The zero-order chi connectivity index (χ0) is 16.8. The summed E-state index contributed by atoms with van der Waals surface area (Å²) < 4.78 is 6.45. The quantitative estimate of drug-likeness (QED) is 0.852. The molecule has 1 saturated heterocycles. The maximum Gasteiger partial charge on any atom is 0.414 e. The molecule has 2 amide bonds. The molecule has 1 aliphatic heterocycles. The number of ether oxygens (including phenoxy) is 1. The fourth-order valence-electron chi connectivity index (χ4n) is 2.24. The molecule has 0 aliphatic carbocycles. The van der Waals surface area contributed by atoms with Gasteiger partial charge in [0, 0.05) is 23.6 Å². The third-order valence-corrected chi connectivity index (χ3v) is 3.41. The number of amides is 2. The van der Waals surface area contributed by atoms with Gasteiger partial charge in [-0.3, -0.25) is 14.4 Å². The Morgan fingerprint density at radius 1 is 1.33 bits per heavy atom. The Balaban J connectivity index is 1.49. The molecule has 1 aromatic heterocycles. The van der Waals surface area contributed by atoms with Crippen LogP contribution >= 0.6 is 0 Å². The van der Waals surface area contributed by atoms with Gasteiger partial charge in [0.1, 0.15) is 13.2 Å². The number of carbonyl (C=O) groups excluding carboxylic acids is 2. The van der Waals surface area contributed by atoms with Crippen LogP contribution in [-0.2, 0) is 16.1 Å². The van der Waals surface area contributed by atoms with Crippen molar-refractivity contribution in [2.75, 3.05) is 24.6 Å². The van der Waals surface area contributed by atoms with Crippen molar-refractivity contribution in [3.05, 3.63) is 48.3 Å². The number of hydrogen-bond acceptors (Lipinski definition) is 4. The Bertz CT molecular complexity index is 772. The minimum absolute atomic E-state index is 0.143. The lowest BCUT2D eigenvalue weighted by Gasteiger charge is -2.11. The Kier molecular flexibility index (Phi) is 4.77. The molecular formula is C17H16N4O3. The lowest BCUT2D eigenvalue weighted by atomic mass is 10.2. The first-order valence-electron chi connectivity index (χ1n) is 7.50. The van der Waals surface area contributed by atoms with Crippen molar-refractivity contribution in [3.8, 4) is 11.8 Å². The highest BCUT2D eigenvalue weighted by atomic mass is 16.6. The first kappa shape index (κ1) is 15.6. The Morgan fingerprint density at radius 3 is 2.83 bits per heavy atom. The van der Waals surface area contributed by atoms with Crippen LogP contribution < -0.4 is 10.2 Å². The predicted octanol–water partition coefficient (Wildman–Crippen LogP) is 1.01. The number of anilines is 1. The van der Waals surface area contributed by atoms with Gasteiger partial charge in [-0.15, -0.1) is 0 Å². The summed E-state index contributed by atoms with van der Waals surface area (Å²) in [6, 6.07) is 9.08. The van der Waals surface area contributed by atoms with E-state index in [-0.39, 0.29) is 25.1 Å². The van der Waals surface area contributed by atoms with Gasteiger partial charge in [0.2, 0.25) is 5.91 Å². The Labute approximate surface area is 139 Å². The molecule has 1 aliphatic rings. The van der Waals surface area contributed by atoms with E-state index in [0.29, 0.717) is 13.2 Å². The molecular weight excluding hydrogens is 308 g/mol. The number of carbonyl (C=O) groups is 2. The molecule has 1 aromatic carbocycles. The van der Waals surface area contributed by atoms with Gasteiger partial charge in [-0.25, -0.2) is 4.79 Å². The fraction of sp³-hybridized carbons (Fsp3) is 0.235. The van der Waals surface area contributed by atoms with E-state index >= 15 is 0 Å². The normalized spacial score (nSPS) is 13.2. The largest absolute Gasteiger partial charge is 0.447 e. The summed E-state index contributed by atoms with van der Waals surface area (Å²) in [5, 5.41) is 6.67. The third-order valence-electron chi connectivity index (χ3n) is 3.41. The van der Waals surface area contributed by atoms with E-state index in [0.717, 1.165) is 11.3 Å². The number of aromatic nitrogens is 2. The van der Waals surface area contributed by atoms with Gasteiger partial charge in [0.15, 0.2) is 0 Å². The van der Waals surface area contributed by atoms with E-state index in [9.17, 15) is 9.59 Å². The van der Waals surface area contributed by atoms with Crippen LogP contribution in [-0.4, -0.2) is 41.5 Å². The van der Waals surface area contributed by atoms with Crippen molar-refractivity contribution in [1.82, 2.24) is 15.1 Å². The van der Waals surface area contributed by atoms with Gasteiger partial charge >= 0.3 is 6.09 Å². The predicted molar refractivity (Wildman–Crippen MR) is 87.3 cm³/mol. The molecule has 0 saturated carbocycles. The van der Waals surface area contributed by atoms with Crippen LogP contribution in [0.5, 0.6) is 0 Å². The molecule has 0 radical (unpaired) electrons. The van der Waals surface area contributed by atoms with E-state index in [1.54, 1.807) is 28.0 Å². The summed E-state index contributed by atoms with van der Waals surface area (Å²) in [6.45, 7) is 1.42. The molecule has 2 heterocycles. The third kappa shape index (κ3) is 3.93. The molecule has 1 N–H and O–H groups in total. The summed E-state index contributed by atoms with van der Waals surface area (Å²) in [5.74, 6) is 5.72. The molecule has 0 unspecified atom stereocenters. The number of nitrogens with zero attached hydrogens (tertiary/aromatic N) is 3. The van der Waals surface area contributed by atoms with E-state index < -0.39 is 0 Å². The fourth-order valence-corrected chi connectivity index (χ4v) is 2.24. The molecule has 0 atom stereocenters. The molecule has 3 rings (SSSR count). The minimum Gasteiger partial charge on any atom is -0.447 e. The second-order valence-electron chi connectivity index (χ2n) is 5.10. The lowest BCUT2D eigenvalue weighted by molar-refractivity contribution is -0.121. The Morgan fingerprint density at radius 2 is 2.17 bits per heavy atom. The molecule has 7 nitrogen and oxygen atoms in total. The molecule has 24 heavy (non-hydrogen) atoms. The van der Waals surface area contributed by atoms with Crippen LogP contribution in [0.3, 0.4) is 0 Å². The van der Waals surface area contributed by atoms with E-state index in [4.69, 9.17) is 4.74 Å². The molecule has 122 valence electrons. The summed E-state index contributed by atoms with van der Waals surface area (Å²) in [5.41, 5.74) is 1.60. The molecule has 1 fully saturated rings. The second kappa shape index (κ2) is 7.33. The van der Waals surface area contributed by atoms with E-state index in [2.05, 4.69) is 22.3 Å². The maximum absolute atomic E-state index is 11.7. The number of hydrogen-bond donors (Lipinski definition) is 1. The van der Waals surface area contributed by atoms with Crippen molar-refractivity contribution in [3.63, 3.8) is 0 Å². The van der Waals surface area contributed by atoms with Crippen molar-refractivity contribution in [1.29, 1.82) is 0 Å². The van der Waals surface area contributed by atoms with Crippen molar-refractivity contribution >= 4 is 17.7 Å². The summed E-state index contributed by atoms with van der Waals surface area (Å²) in [7, 11) is 0. The highest BCUT2D eigenvalue weighted by Crippen LogP contribution is 2.18. The highest BCUT2D eigenvalue weighted by Gasteiger charge is 2.23. The van der Waals surface area contributed by atoms with Gasteiger partial charge in [-0.2, -0.15) is 5.10 Å². The maximum atomic E-state index is 11.7. The van der Waals surface area contributed by atoms with Crippen molar-refractivity contribution in [2.45, 2.75) is 6.54 Å². The number of nitrogens with one attached hydrogen (secondary N) is 1. The average Bonchev–Trinajstić information content (AvgIpc) is 3.24. The Hall–Kier alpha value is -3.27. The zero-order valence-electron chi connectivity index (χ0n) is 12.9. The van der Waals surface area contributed by atoms with Gasteiger partial charge in [-0.05, 0) is 30.3 Å². The summed E-state index contributed by atoms with van der Waals surface area (Å²) in [6.07, 6.45) is 3.02. The minimum atomic E-state index is -0.325. The SMILES string of the molecule is O=C(Cn1cccn1)NCC#Cc1ccc(N2CCOC2=O)cc1. The summed E-state index contributed by atoms with van der Waals surface area (Å²) >= 11 is 0. The smallest absolute Gasteiger partial charge is 0.414 e. The number of benzene rings is 1. The molecule has 2 aromatic rings. The topological polar surface area (TPSA) is 76.5 Å². The van der Waals surface area contributed by atoms with Crippen LogP contribution in [0.25, 0.3) is 0 Å². The monoisotopic (exact) mass is 324 g/mol. The standard InChI is InChI=1S/C17H16N4O3/c22-16(13-20-10-2-9-19-20)18-8-1-3-14-4-6-15(7-5-14)21-11-12-24-17(21)23/h2,4-7,9-10H,8,11-13H2,(H,18,22). The molecule has 7 heteroatoms. The van der Waals surface area contributed by atoms with Crippen LogP contribution in [0, 0.1) is 11.8 Å². The lowest BCUT2D eigenvalue weighted by Crippen LogP contribution is -2.27. The van der Waals surface area contributed by atoms with Gasteiger partial charge < -0.3 is 10.1 Å². The van der Waals surface area contributed by atoms with Crippen molar-refractivity contribution in [2.24, 2.45) is 0 Å². The van der Waals surface area contributed by atoms with Crippen molar-refractivity contribution < 1.29 is 14.3 Å². The zero-order valence-corrected chi connectivity index (χ0v) is 12.9. The van der Waals surface area contributed by atoms with Crippen LogP contribution in [0.15, 0.2) is 42.7 Å². The van der Waals surface area contributed by atoms with Crippen LogP contribution in [0.1, 0.15) is 5.56 Å². The summed E-state index contributed by atoms with van der Waals surface area (Å²) in [4.78, 5) is 24.7. The molecule has 0 bridgehead atoms. The second-order valence-corrected chi connectivity index (χ2v) is 5.10. The average molecular weight is 324 g/mol. The van der Waals surface area contributed by atoms with E-state index in [1.165, 1.54) is 0 Å². The van der Waals surface area contributed by atoms with Gasteiger partial charge in [0.25, 0.3) is 0 Å². The van der Waals surface area contributed by atoms with E-state index in [1.807, 2.05) is 24.3 Å². The van der Waals surface area contributed by atoms with Gasteiger partial charge in [-0.1, -0.05) is 11.8 Å². The molecule has 0 spiro atoms. The first-order valence-corrected chi connectivity index (χ1v) is 7.50. The first-order chi connectivity index (χ1) is 11.7. The van der Waals surface area contributed by atoms with Gasteiger partial charge in [0.05, 0.1) is 13.1 Å². The number of cyclic esters (lactones) is 1. The highest BCUT2D eigenvalue weighted by molar-refractivity contribution is 5.89.